The van der Waals surface area contributed by atoms with E-state index in [2.05, 4.69) is 291 Å². The van der Waals surface area contributed by atoms with Crippen LogP contribution in [-0.2, 0) is 0 Å². The molecule has 0 spiro atoms. The lowest BCUT2D eigenvalue weighted by atomic mass is 9.96. The number of para-hydroxylation sites is 6. The molecule has 0 saturated carbocycles. The third kappa shape index (κ3) is 7.52. The molecule has 12 aromatic carbocycles. The van der Waals surface area contributed by atoms with E-state index >= 15 is 0 Å². The molecule has 0 bridgehead atoms. The Morgan fingerprint density at radius 3 is 1.76 bits per heavy atom. The average Bonchev–Trinajstić information content (AvgIpc) is 1.80. The highest BCUT2D eigenvalue weighted by Gasteiger charge is 2.27. The van der Waals surface area contributed by atoms with Gasteiger partial charge in [-0.2, -0.15) is 0 Å². The largest absolute Gasteiger partial charge is 0.355 e. The minimum Gasteiger partial charge on any atom is -0.355 e. The van der Waals surface area contributed by atoms with Crippen LogP contribution in [-0.4, -0.2) is 34.5 Å². The predicted molar refractivity (Wildman–Crippen MR) is 353 cm³/mol. The molecule has 8 heteroatoms. The summed E-state index contributed by atoms with van der Waals surface area (Å²) in [6.07, 6.45) is 3.69. The minimum atomic E-state index is 0.577. The van der Waals surface area contributed by atoms with Crippen molar-refractivity contribution in [2.24, 2.45) is 0 Å². The summed E-state index contributed by atoms with van der Waals surface area (Å²) in [5, 5.41) is 21.7. The maximum absolute atomic E-state index is 9.32. The van der Waals surface area contributed by atoms with Gasteiger partial charge in [0.25, 0.3) is 0 Å². The van der Waals surface area contributed by atoms with Crippen LogP contribution in [0.1, 0.15) is 5.56 Å². The Bertz CT molecular complexity index is 5500. The van der Waals surface area contributed by atoms with E-state index in [0.29, 0.717) is 5.95 Å². The fourth-order valence-corrected chi connectivity index (χ4v) is 13.4. The van der Waals surface area contributed by atoms with Crippen LogP contribution in [0.15, 0.2) is 285 Å². The lowest BCUT2D eigenvalue weighted by Gasteiger charge is -2.15. The lowest BCUT2D eigenvalue weighted by Crippen LogP contribution is -2.04. The van der Waals surface area contributed by atoms with Crippen molar-refractivity contribution >= 4 is 105 Å². The molecular formula is C77H50N8. The van der Waals surface area contributed by atoms with E-state index in [-0.39, 0.29) is 0 Å². The van der Waals surface area contributed by atoms with Crippen LogP contribution in [0.3, 0.4) is 0 Å². The van der Waals surface area contributed by atoms with Crippen LogP contribution in [0, 0.1) is 5.41 Å². The van der Waals surface area contributed by atoms with Crippen molar-refractivity contribution < 1.29 is 0 Å². The molecule has 0 unspecified atom stereocenters. The van der Waals surface area contributed by atoms with E-state index in [9.17, 15) is 5.41 Å². The molecule has 5 aromatic heterocycles. The van der Waals surface area contributed by atoms with Crippen LogP contribution in [0.25, 0.3) is 144 Å². The second-order valence-corrected chi connectivity index (χ2v) is 21.8. The monoisotopic (exact) mass is 1090 g/mol. The normalized spacial score (nSPS) is 11.8. The molecule has 2 N–H and O–H groups in total. The van der Waals surface area contributed by atoms with Crippen LogP contribution in [0.4, 0.5) is 11.4 Å². The summed E-state index contributed by atoms with van der Waals surface area (Å²) < 4.78 is 9.35. The summed E-state index contributed by atoms with van der Waals surface area (Å²) in [5.41, 5.74) is 20.1. The maximum Gasteiger partial charge on any atom is 0.235 e. The van der Waals surface area contributed by atoms with Gasteiger partial charge in [0.1, 0.15) is 0 Å². The zero-order valence-electron chi connectivity index (χ0n) is 45.9. The highest BCUT2D eigenvalue weighted by Crippen LogP contribution is 2.47. The molecule has 8 nitrogen and oxygen atoms in total. The molecule has 398 valence electrons. The Morgan fingerprint density at radius 1 is 0.353 bits per heavy atom. The van der Waals surface area contributed by atoms with Gasteiger partial charge in [0.05, 0.1) is 49.8 Å². The van der Waals surface area contributed by atoms with Gasteiger partial charge < -0.3 is 24.4 Å². The summed E-state index contributed by atoms with van der Waals surface area (Å²) in [7, 11) is 0. The number of benzene rings is 12. The zero-order valence-corrected chi connectivity index (χ0v) is 45.9. The smallest absolute Gasteiger partial charge is 0.235 e. The van der Waals surface area contributed by atoms with Gasteiger partial charge in [0.2, 0.25) is 5.95 Å². The first-order chi connectivity index (χ1) is 42.1. The van der Waals surface area contributed by atoms with Gasteiger partial charge in [-0.05, 0) is 108 Å². The summed E-state index contributed by atoms with van der Waals surface area (Å²) >= 11 is 0. The third-order valence-corrected chi connectivity index (χ3v) is 17.1. The number of anilines is 2. The molecular weight excluding hydrogens is 1040 g/mol. The number of rotatable bonds is 10. The van der Waals surface area contributed by atoms with Crippen molar-refractivity contribution in [2.75, 3.05) is 5.32 Å². The summed E-state index contributed by atoms with van der Waals surface area (Å²) in [4.78, 5) is 11.3. The fraction of sp³-hybridized carbons (Fsp3) is 0. The van der Waals surface area contributed by atoms with E-state index in [1.165, 1.54) is 11.6 Å². The number of nitrogens with one attached hydrogen (secondary N) is 2. The molecule has 0 fully saturated rings. The molecule has 0 atom stereocenters. The molecule has 5 heterocycles. The van der Waals surface area contributed by atoms with Crippen molar-refractivity contribution in [1.82, 2.24) is 28.2 Å². The number of aromatic nitrogens is 6. The first kappa shape index (κ1) is 48.1. The fourth-order valence-electron chi connectivity index (χ4n) is 13.4. The minimum absolute atomic E-state index is 0.577. The first-order valence-electron chi connectivity index (χ1n) is 28.7. The highest BCUT2D eigenvalue weighted by molar-refractivity contribution is 6.25. The van der Waals surface area contributed by atoms with Gasteiger partial charge in [-0.3, -0.25) is 4.57 Å². The first-order valence-corrected chi connectivity index (χ1v) is 28.7. The standard InChI is InChI=1S/C77H50N8/c78-48-65-67(79-52-21-7-2-8-22-52)42-40-63-72-57(29-18-34-71(72)84(76(63)65)55-39-43-70-64(47-55)56-27-14-16-33-69(56)83(70)54-25-11-4-12-26-54)58-30-17-31-59-60-41-44-68-62(45-46-82(68)53-23-9-3-10-24-53)75(60)85(74(58)59)77-80-66-32-15-13-28-61(66)73(81-77)51-37-35-50(36-38-51)49-19-5-1-6-20-49/h1-48,78-79H. The van der Waals surface area contributed by atoms with E-state index < -0.39 is 0 Å². The van der Waals surface area contributed by atoms with Crippen molar-refractivity contribution in [1.29, 1.82) is 5.41 Å². The van der Waals surface area contributed by atoms with Crippen molar-refractivity contribution in [3.8, 4) is 56.5 Å². The lowest BCUT2D eigenvalue weighted by molar-refractivity contribution is 1.02. The molecule has 0 saturated heterocycles. The topological polar surface area (TPSA) is 81.4 Å². The van der Waals surface area contributed by atoms with E-state index in [4.69, 9.17) is 9.97 Å². The summed E-state index contributed by atoms with van der Waals surface area (Å²) in [5.74, 6) is 0.577. The number of hydrogen-bond donors (Lipinski definition) is 2. The van der Waals surface area contributed by atoms with E-state index in [0.717, 1.165) is 149 Å². The van der Waals surface area contributed by atoms with Crippen molar-refractivity contribution in [2.45, 2.75) is 0 Å². The average molecular weight is 1090 g/mol. The second-order valence-electron chi connectivity index (χ2n) is 21.8. The zero-order chi connectivity index (χ0) is 56.1. The Labute approximate surface area is 488 Å². The molecule has 17 aromatic rings. The van der Waals surface area contributed by atoms with Gasteiger partial charge in [-0.15, -0.1) is 0 Å². The molecule has 17 rings (SSSR count). The molecule has 0 amide bonds. The van der Waals surface area contributed by atoms with Crippen molar-refractivity contribution in [3.63, 3.8) is 0 Å². The van der Waals surface area contributed by atoms with Gasteiger partial charge in [0, 0.05) is 101 Å². The number of fused-ring (bicyclic) bond motifs is 12. The van der Waals surface area contributed by atoms with Gasteiger partial charge in [0.15, 0.2) is 0 Å². The maximum atomic E-state index is 9.32. The van der Waals surface area contributed by atoms with Gasteiger partial charge >= 0.3 is 0 Å². The van der Waals surface area contributed by atoms with Gasteiger partial charge in [-0.1, -0.05) is 188 Å². The van der Waals surface area contributed by atoms with Crippen LogP contribution < -0.4 is 5.32 Å². The molecule has 0 aliphatic rings. The second kappa shape index (κ2) is 19.3. The predicted octanol–water partition coefficient (Wildman–Crippen LogP) is 19.6. The Balaban J connectivity index is 0.964. The molecule has 85 heavy (non-hydrogen) atoms. The SMILES string of the molecule is N=Cc1c(Nc2ccccc2)ccc2c3c(-c4cccc5c6ccc7c(ccn7-c7ccccc7)c6n(-c6nc(-c7ccc(-c8ccccc8)cc7)c7ccccc7n6)c45)cccc3n(-c3ccc4c(c3)c3ccccc3n4-c3ccccc3)c12. The summed E-state index contributed by atoms with van der Waals surface area (Å²) in [6, 6.07) is 99.1. The molecule has 0 aliphatic heterocycles. The van der Waals surface area contributed by atoms with Crippen molar-refractivity contribution in [3.05, 3.63) is 291 Å². The Kier molecular flexibility index (Phi) is 10.9. The third-order valence-electron chi connectivity index (χ3n) is 17.1. The Hall–Kier alpha value is -11.6. The quantitative estimate of drug-likeness (QED) is 0.134. The molecule has 0 radical (unpaired) electrons. The van der Waals surface area contributed by atoms with Crippen LogP contribution in [0.2, 0.25) is 0 Å². The van der Waals surface area contributed by atoms with Crippen LogP contribution >= 0.6 is 0 Å². The highest BCUT2D eigenvalue weighted by atomic mass is 15.2. The molecule has 0 aliphatic carbocycles. The Morgan fingerprint density at radius 2 is 0.965 bits per heavy atom. The van der Waals surface area contributed by atoms with E-state index in [1.54, 1.807) is 0 Å². The van der Waals surface area contributed by atoms with Crippen LogP contribution in [0.5, 0.6) is 0 Å². The number of nitrogens with zero attached hydrogens (tertiary/aromatic N) is 6. The van der Waals surface area contributed by atoms with Gasteiger partial charge in [-0.25, -0.2) is 9.97 Å². The van der Waals surface area contributed by atoms with E-state index in [1.807, 2.05) is 18.2 Å². The number of hydrogen-bond acceptors (Lipinski definition) is 4. The summed E-state index contributed by atoms with van der Waals surface area (Å²) in [6.45, 7) is 0.